The summed E-state index contributed by atoms with van der Waals surface area (Å²) in [4.78, 5) is 22.7. The van der Waals surface area contributed by atoms with E-state index in [0.29, 0.717) is 13.0 Å². The Morgan fingerprint density at radius 2 is 2.30 bits per heavy atom. The van der Waals surface area contributed by atoms with Crippen LogP contribution in [0.5, 0.6) is 0 Å². The summed E-state index contributed by atoms with van der Waals surface area (Å²) < 4.78 is 5.43. The molecule has 0 saturated carbocycles. The Bertz CT molecular complexity index is 563. The lowest BCUT2D eigenvalue weighted by atomic mass is 9.94. The van der Waals surface area contributed by atoms with Crippen LogP contribution in [-0.4, -0.2) is 29.1 Å². The fourth-order valence-electron chi connectivity index (χ4n) is 2.18. The van der Waals surface area contributed by atoms with Crippen molar-refractivity contribution in [2.45, 2.75) is 31.9 Å². The zero-order valence-corrected chi connectivity index (χ0v) is 11.9. The SMILES string of the molecule is CC1OCCC1(C)NC(=O)c1cc(Cl)ccc1[N+](=O)[O-]. The van der Waals surface area contributed by atoms with Gasteiger partial charge in [0.15, 0.2) is 0 Å². The van der Waals surface area contributed by atoms with E-state index >= 15 is 0 Å². The van der Waals surface area contributed by atoms with Crippen LogP contribution in [0, 0.1) is 10.1 Å². The third-order valence-electron chi connectivity index (χ3n) is 3.69. The molecule has 1 aromatic carbocycles. The number of amides is 1. The standard InChI is InChI=1S/C13H15ClN2O4/c1-8-13(2,5-6-20-8)15-12(17)10-7-9(14)3-4-11(10)16(18)19/h3-4,7-8H,5-6H2,1-2H3,(H,15,17). The average Bonchev–Trinajstić information content (AvgIpc) is 2.68. The van der Waals surface area contributed by atoms with E-state index < -0.39 is 16.4 Å². The van der Waals surface area contributed by atoms with Gasteiger partial charge >= 0.3 is 0 Å². The number of carbonyl (C=O) groups is 1. The fourth-order valence-corrected chi connectivity index (χ4v) is 2.35. The zero-order valence-electron chi connectivity index (χ0n) is 11.2. The summed E-state index contributed by atoms with van der Waals surface area (Å²) in [6.07, 6.45) is 0.513. The second-order valence-electron chi connectivity index (χ2n) is 5.05. The van der Waals surface area contributed by atoms with Crippen molar-refractivity contribution < 1.29 is 14.5 Å². The van der Waals surface area contributed by atoms with Gasteiger partial charge in [-0.15, -0.1) is 0 Å². The van der Waals surface area contributed by atoms with E-state index in [9.17, 15) is 14.9 Å². The molecule has 1 amide bonds. The number of nitrogens with one attached hydrogen (secondary N) is 1. The molecule has 1 aromatic rings. The van der Waals surface area contributed by atoms with Crippen molar-refractivity contribution in [1.82, 2.24) is 5.32 Å². The molecule has 1 fully saturated rings. The lowest BCUT2D eigenvalue weighted by Crippen LogP contribution is -2.50. The van der Waals surface area contributed by atoms with Crippen LogP contribution in [0.2, 0.25) is 5.02 Å². The highest BCUT2D eigenvalue weighted by Crippen LogP contribution is 2.28. The number of nitro benzene ring substituents is 1. The average molecular weight is 299 g/mol. The maximum Gasteiger partial charge on any atom is 0.282 e. The largest absolute Gasteiger partial charge is 0.376 e. The van der Waals surface area contributed by atoms with E-state index in [4.69, 9.17) is 16.3 Å². The van der Waals surface area contributed by atoms with Crippen molar-refractivity contribution in [3.05, 3.63) is 38.9 Å². The second kappa shape index (κ2) is 5.38. The quantitative estimate of drug-likeness (QED) is 0.687. The van der Waals surface area contributed by atoms with E-state index in [1.54, 1.807) is 0 Å². The molecule has 0 radical (unpaired) electrons. The van der Waals surface area contributed by atoms with Crippen LogP contribution < -0.4 is 5.32 Å². The van der Waals surface area contributed by atoms with Crippen molar-refractivity contribution in [1.29, 1.82) is 0 Å². The highest BCUT2D eigenvalue weighted by molar-refractivity contribution is 6.31. The number of carbonyl (C=O) groups excluding carboxylic acids is 1. The summed E-state index contributed by atoms with van der Waals surface area (Å²) >= 11 is 5.82. The maximum atomic E-state index is 12.3. The molecule has 0 aliphatic carbocycles. The highest BCUT2D eigenvalue weighted by atomic mass is 35.5. The molecule has 1 saturated heterocycles. The molecule has 20 heavy (non-hydrogen) atoms. The first-order valence-corrected chi connectivity index (χ1v) is 6.59. The van der Waals surface area contributed by atoms with Crippen LogP contribution in [0.4, 0.5) is 5.69 Å². The molecule has 6 nitrogen and oxygen atoms in total. The van der Waals surface area contributed by atoms with Gasteiger partial charge in [-0.05, 0) is 32.4 Å². The van der Waals surface area contributed by atoms with E-state index in [1.165, 1.54) is 18.2 Å². The Hall–Kier alpha value is -1.66. The van der Waals surface area contributed by atoms with Gasteiger partial charge in [-0.2, -0.15) is 0 Å². The minimum atomic E-state index is -0.595. The van der Waals surface area contributed by atoms with Crippen LogP contribution >= 0.6 is 11.6 Å². The molecule has 1 aliphatic rings. The molecule has 2 atom stereocenters. The van der Waals surface area contributed by atoms with Gasteiger partial charge in [-0.25, -0.2) is 0 Å². The van der Waals surface area contributed by atoms with Crippen molar-refractivity contribution in [2.75, 3.05) is 6.61 Å². The second-order valence-corrected chi connectivity index (χ2v) is 5.49. The first kappa shape index (κ1) is 14.7. The van der Waals surface area contributed by atoms with Gasteiger partial charge in [-0.3, -0.25) is 14.9 Å². The smallest absolute Gasteiger partial charge is 0.282 e. The molecule has 108 valence electrons. The molecular weight excluding hydrogens is 284 g/mol. The van der Waals surface area contributed by atoms with Crippen LogP contribution in [0.1, 0.15) is 30.6 Å². The van der Waals surface area contributed by atoms with E-state index in [0.717, 1.165) is 0 Å². The van der Waals surface area contributed by atoms with Crippen LogP contribution in [0.25, 0.3) is 0 Å². The first-order chi connectivity index (χ1) is 9.33. The third-order valence-corrected chi connectivity index (χ3v) is 3.92. The Kier molecular flexibility index (Phi) is 3.96. The Morgan fingerprint density at radius 1 is 1.60 bits per heavy atom. The van der Waals surface area contributed by atoms with Crippen molar-refractivity contribution in [2.24, 2.45) is 0 Å². The summed E-state index contributed by atoms with van der Waals surface area (Å²) in [5, 5.41) is 14.1. The molecule has 2 unspecified atom stereocenters. The summed E-state index contributed by atoms with van der Waals surface area (Å²) in [7, 11) is 0. The number of hydrogen-bond acceptors (Lipinski definition) is 4. The van der Waals surface area contributed by atoms with Gasteiger partial charge in [0.1, 0.15) is 5.56 Å². The van der Waals surface area contributed by atoms with Gasteiger partial charge in [0.25, 0.3) is 11.6 Å². The van der Waals surface area contributed by atoms with Gasteiger partial charge in [0, 0.05) is 17.7 Å². The number of ether oxygens (including phenoxy) is 1. The molecule has 2 rings (SSSR count). The van der Waals surface area contributed by atoms with Crippen LogP contribution in [0.3, 0.4) is 0 Å². The zero-order chi connectivity index (χ0) is 14.9. The number of nitrogens with zero attached hydrogens (tertiary/aromatic N) is 1. The van der Waals surface area contributed by atoms with Crippen LogP contribution in [0.15, 0.2) is 18.2 Å². The predicted octanol–water partition coefficient (Wildman–Crippen LogP) is 2.55. The van der Waals surface area contributed by atoms with E-state index in [1.807, 2.05) is 13.8 Å². The number of hydrogen-bond donors (Lipinski definition) is 1. The van der Waals surface area contributed by atoms with Gasteiger partial charge in [-0.1, -0.05) is 11.6 Å². The summed E-state index contributed by atoms with van der Waals surface area (Å²) in [6, 6.07) is 3.92. The van der Waals surface area contributed by atoms with Gasteiger partial charge < -0.3 is 10.1 Å². The lowest BCUT2D eigenvalue weighted by Gasteiger charge is -2.28. The van der Waals surface area contributed by atoms with E-state index in [-0.39, 0.29) is 22.4 Å². The Morgan fingerprint density at radius 3 is 2.85 bits per heavy atom. The van der Waals surface area contributed by atoms with Crippen LogP contribution in [-0.2, 0) is 4.74 Å². The monoisotopic (exact) mass is 298 g/mol. The Labute approximate surface area is 121 Å². The molecule has 7 heteroatoms. The number of halogens is 1. The topological polar surface area (TPSA) is 81.5 Å². The summed E-state index contributed by atoms with van der Waals surface area (Å²) in [5.41, 5.74) is -0.835. The molecule has 0 bridgehead atoms. The normalized spacial score (nSPS) is 25.4. The maximum absolute atomic E-state index is 12.3. The summed E-state index contributed by atoms with van der Waals surface area (Å²) in [6.45, 7) is 4.27. The summed E-state index contributed by atoms with van der Waals surface area (Å²) in [5.74, 6) is -0.515. The Balaban J connectivity index is 2.29. The minimum Gasteiger partial charge on any atom is -0.376 e. The van der Waals surface area contributed by atoms with Gasteiger partial charge in [0.2, 0.25) is 0 Å². The first-order valence-electron chi connectivity index (χ1n) is 6.21. The number of nitro groups is 1. The van der Waals surface area contributed by atoms with Crippen molar-refractivity contribution in [3.8, 4) is 0 Å². The third kappa shape index (κ3) is 2.76. The molecule has 1 heterocycles. The predicted molar refractivity (Wildman–Crippen MR) is 74.0 cm³/mol. The number of benzene rings is 1. The molecule has 1 aliphatic heterocycles. The molecule has 1 N–H and O–H groups in total. The molecular formula is C13H15ClN2O4. The van der Waals surface area contributed by atoms with E-state index in [2.05, 4.69) is 5.32 Å². The number of rotatable bonds is 3. The molecule has 0 aromatic heterocycles. The molecule has 0 spiro atoms. The lowest BCUT2D eigenvalue weighted by molar-refractivity contribution is -0.385. The highest BCUT2D eigenvalue weighted by Gasteiger charge is 2.39. The van der Waals surface area contributed by atoms with Crippen molar-refractivity contribution in [3.63, 3.8) is 0 Å². The van der Waals surface area contributed by atoms with Gasteiger partial charge in [0.05, 0.1) is 16.6 Å². The van der Waals surface area contributed by atoms with Crippen molar-refractivity contribution >= 4 is 23.2 Å². The minimum absolute atomic E-state index is 0.0391. The fraction of sp³-hybridized carbons (Fsp3) is 0.462.